The quantitative estimate of drug-likeness (QED) is 0.562. The second-order valence-corrected chi connectivity index (χ2v) is 8.04. The smallest absolute Gasteiger partial charge is 0.191 e. The Morgan fingerprint density at radius 3 is 2.43 bits per heavy atom. The summed E-state index contributed by atoms with van der Waals surface area (Å²) >= 11 is 0. The number of aliphatic imine (C=N–C) groups is 1. The minimum Gasteiger partial charge on any atom is -0.357 e. The normalized spacial score (nSPS) is 13.7. The van der Waals surface area contributed by atoms with Crippen LogP contribution >= 0.6 is 0 Å². The van der Waals surface area contributed by atoms with Gasteiger partial charge in [0.25, 0.3) is 0 Å². The Bertz CT molecular complexity index is 612. The van der Waals surface area contributed by atoms with Crippen molar-refractivity contribution in [1.82, 2.24) is 10.6 Å². The van der Waals surface area contributed by atoms with E-state index in [1.54, 1.807) is 0 Å². The molecule has 0 amide bonds. The highest BCUT2D eigenvalue weighted by Gasteiger charge is 2.09. The molecule has 0 radical (unpaired) electrons. The first-order chi connectivity index (χ1) is 10.9. The first-order valence-electron chi connectivity index (χ1n) is 8.15. The standard InChI is InChI=1S/C17H29N3O2S/c1-5-15-9-7-8-10-16(15)13-19-17(18-6-2)20-14(3)11-12-23(4,21)22/h7-10,14H,5-6,11-13H2,1-4H3,(H2,18,19,20). The lowest BCUT2D eigenvalue weighted by Crippen LogP contribution is -2.42. The van der Waals surface area contributed by atoms with E-state index in [1.165, 1.54) is 17.4 Å². The summed E-state index contributed by atoms with van der Waals surface area (Å²) in [6, 6.07) is 8.34. The molecule has 0 aliphatic carbocycles. The SMILES string of the molecule is CCNC(=NCc1ccccc1CC)NC(C)CCS(C)(=O)=O. The molecule has 1 unspecified atom stereocenters. The molecule has 5 nitrogen and oxygen atoms in total. The molecular formula is C17H29N3O2S. The van der Waals surface area contributed by atoms with E-state index in [0.29, 0.717) is 13.0 Å². The number of nitrogens with one attached hydrogen (secondary N) is 2. The van der Waals surface area contributed by atoms with Gasteiger partial charge in [0.15, 0.2) is 5.96 Å². The van der Waals surface area contributed by atoms with Crippen LogP contribution in [0.5, 0.6) is 0 Å². The summed E-state index contributed by atoms with van der Waals surface area (Å²) in [5, 5.41) is 6.48. The highest BCUT2D eigenvalue weighted by molar-refractivity contribution is 7.90. The van der Waals surface area contributed by atoms with Crippen molar-refractivity contribution < 1.29 is 8.42 Å². The van der Waals surface area contributed by atoms with Crippen molar-refractivity contribution in [3.8, 4) is 0 Å². The molecule has 1 aromatic carbocycles. The third-order valence-electron chi connectivity index (χ3n) is 3.56. The van der Waals surface area contributed by atoms with Gasteiger partial charge in [-0.2, -0.15) is 0 Å². The summed E-state index contributed by atoms with van der Waals surface area (Å²) in [7, 11) is -2.93. The number of guanidine groups is 1. The first kappa shape index (κ1) is 19.5. The Hall–Kier alpha value is -1.56. The molecule has 0 aliphatic rings. The van der Waals surface area contributed by atoms with Crippen LogP contribution in [0.25, 0.3) is 0 Å². The molecule has 0 aliphatic heterocycles. The molecule has 0 spiro atoms. The van der Waals surface area contributed by atoms with Crippen molar-refractivity contribution in [1.29, 1.82) is 0 Å². The average Bonchev–Trinajstić information content (AvgIpc) is 2.50. The van der Waals surface area contributed by atoms with E-state index >= 15 is 0 Å². The molecule has 1 rings (SSSR count). The van der Waals surface area contributed by atoms with Gasteiger partial charge >= 0.3 is 0 Å². The van der Waals surface area contributed by atoms with E-state index in [1.807, 2.05) is 26.0 Å². The van der Waals surface area contributed by atoms with E-state index < -0.39 is 9.84 Å². The summed E-state index contributed by atoms with van der Waals surface area (Å²) in [5.74, 6) is 0.901. The molecular weight excluding hydrogens is 310 g/mol. The predicted octanol–water partition coefficient (Wildman–Crippen LogP) is 2.13. The van der Waals surface area contributed by atoms with Gasteiger partial charge in [-0.15, -0.1) is 0 Å². The lowest BCUT2D eigenvalue weighted by molar-refractivity contribution is 0.581. The van der Waals surface area contributed by atoms with Crippen molar-refractivity contribution in [2.45, 2.75) is 46.2 Å². The van der Waals surface area contributed by atoms with Gasteiger partial charge in [-0.25, -0.2) is 13.4 Å². The van der Waals surface area contributed by atoms with Crippen molar-refractivity contribution in [2.24, 2.45) is 4.99 Å². The van der Waals surface area contributed by atoms with Gasteiger partial charge in [0.1, 0.15) is 9.84 Å². The maximum Gasteiger partial charge on any atom is 0.191 e. The molecule has 0 heterocycles. The van der Waals surface area contributed by atoms with Gasteiger partial charge in [-0.3, -0.25) is 0 Å². The van der Waals surface area contributed by atoms with Crippen LogP contribution < -0.4 is 10.6 Å². The Morgan fingerprint density at radius 2 is 1.87 bits per heavy atom. The third kappa shape index (κ3) is 8.02. The molecule has 23 heavy (non-hydrogen) atoms. The van der Waals surface area contributed by atoms with E-state index in [0.717, 1.165) is 18.9 Å². The largest absolute Gasteiger partial charge is 0.357 e. The lowest BCUT2D eigenvalue weighted by atomic mass is 10.1. The maximum atomic E-state index is 11.3. The van der Waals surface area contributed by atoms with Gasteiger partial charge in [-0.1, -0.05) is 31.2 Å². The van der Waals surface area contributed by atoms with Gasteiger partial charge in [0.2, 0.25) is 0 Å². The molecule has 6 heteroatoms. The monoisotopic (exact) mass is 339 g/mol. The van der Waals surface area contributed by atoms with Gasteiger partial charge in [0.05, 0.1) is 12.3 Å². The molecule has 0 aromatic heterocycles. The Balaban J connectivity index is 2.69. The Kier molecular flexibility index (Phi) is 8.09. The molecule has 130 valence electrons. The van der Waals surface area contributed by atoms with Gasteiger partial charge < -0.3 is 10.6 Å². The fourth-order valence-electron chi connectivity index (χ4n) is 2.24. The summed E-state index contributed by atoms with van der Waals surface area (Å²) in [4.78, 5) is 4.62. The van der Waals surface area contributed by atoms with Crippen LogP contribution in [0.1, 0.15) is 38.3 Å². The highest BCUT2D eigenvalue weighted by atomic mass is 32.2. The number of hydrogen-bond acceptors (Lipinski definition) is 3. The minimum atomic E-state index is -2.93. The van der Waals surface area contributed by atoms with Crippen LogP contribution in [0.15, 0.2) is 29.3 Å². The molecule has 0 fully saturated rings. The molecule has 1 aromatic rings. The molecule has 0 saturated carbocycles. The molecule has 0 saturated heterocycles. The van der Waals surface area contributed by atoms with Gasteiger partial charge in [0, 0.05) is 18.8 Å². The fourth-order valence-corrected chi connectivity index (χ4v) is 3.02. The predicted molar refractivity (Wildman–Crippen MR) is 97.6 cm³/mol. The van der Waals surface area contributed by atoms with Crippen molar-refractivity contribution in [2.75, 3.05) is 18.6 Å². The first-order valence-corrected chi connectivity index (χ1v) is 10.2. The summed E-state index contributed by atoms with van der Waals surface area (Å²) in [6.45, 7) is 7.49. The van der Waals surface area contributed by atoms with Crippen LogP contribution in [0.2, 0.25) is 0 Å². The summed E-state index contributed by atoms with van der Waals surface area (Å²) < 4.78 is 22.5. The number of rotatable bonds is 8. The number of sulfone groups is 1. The third-order valence-corrected chi connectivity index (χ3v) is 4.53. The van der Waals surface area contributed by atoms with E-state index in [4.69, 9.17) is 0 Å². The van der Waals surface area contributed by atoms with Crippen LogP contribution in [-0.2, 0) is 22.8 Å². The molecule has 1 atom stereocenters. The number of nitrogens with zero attached hydrogens (tertiary/aromatic N) is 1. The maximum absolute atomic E-state index is 11.3. The van der Waals surface area contributed by atoms with Gasteiger partial charge in [-0.05, 0) is 37.8 Å². The second kappa shape index (κ2) is 9.55. The zero-order valence-electron chi connectivity index (χ0n) is 14.6. The van der Waals surface area contributed by atoms with Crippen LogP contribution in [-0.4, -0.2) is 39.0 Å². The minimum absolute atomic E-state index is 0.0453. The lowest BCUT2D eigenvalue weighted by Gasteiger charge is -2.17. The van der Waals surface area contributed by atoms with Crippen molar-refractivity contribution in [3.63, 3.8) is 0 Å². The summed E-state index contributed by atoms with van der Waals surface area (Å²) in [5.41, 5.74) is 2.52. The van der Waals surface area contributed by atoms with E-state index in [-0.39, 0.29) is 11.8 Å². The number of aryl methyl sites for hydroxylation is 1. The van der Waals surface area contributed by atoms with Crippen molar-refractivity contribution in [3.05, 3.63) is 35.4 Å². The number of hydrogen-bond donors (Lipinski definition) is 2. The number of benzene rings is 1. The second-order valence-electron chi connectivity index (χ2n) is 5.78. The molecule has 0 bridgehead atoms. The van der Waals surface area contributed by atoms with Crippen LogP contribution in [0, 0.1) is 0 Å². The summed E-state index contributed by atoms with van der Waals surface area (Å²) in [6.07, 6.45) is 2.82. The van der Waals surface area contributed by atoms with Crippen LogP contribution in [0.3, 0.4) is 0 Å². The Labute approximate surface area is 140 Å². The highest BCUT2D eigenvalue weighted by Crippen LogP contribution is 2.10. The fraction of sp³-hybridized carbons (Fsp3) is 0.588. The zero-order valence-corrected chi connectivity index (χ0v) is 15.4. The van der Waals surface area contributed by atoms with E-state index in [9.17, 15) is 8.42 Å². The van der Waals surface area contributed by atoms with Crippen LogP contribution in [0.4, 0.5) is 0 Å². The average molecular weight is 340 g/mol. The Morgan fingerprint density at radius 1 is 1.22 bits per heavy atom. The molecule has 2 N–H and O–H groups in total. The zero-order chi connectivity index (χ0) is 17.3. The van der Waals surface area contributed by atoms with Crippen molar-refractivity contribution >= 4 is 15.8 Å². The topological polar surface area (TPSA) is 70.6 Å². The van der Waals surface area contributed by atoms with E-state index in [2.05, 4.69) is 34.7 Å².